The van der Waals surface area contributed by atoms with Crippen molar-refractivity contribution in [3.63, 3.8) is 0 Å². The molecular formula is C22H19F3N4O3. The van der Waals surface area contributed by atoms with Gasteiger partial charge in [-0.25, -0.2) is 4.79 Å². The Labute approximate surface area is 179 Å². The molecule has 4 rings (SSSR count). The number of hydrogen-bond acceptors (Lipinski definition) is 5. The summed E-state index contributed by atoms with van der Waals surface area (Å²) in [6, 6.07) is 11.3. The zero-order valence-electron chi connectivity index (χ0n) is 17.1. The fourth-order valence-corrected chi connectivity index (χ4v) is 3.44. The van der Waals surface area contributed by atoms with E-state index in [0.717, 1.165) is 18.6 Å². The molecule has 0 radical (unpaired) electrons. The molecule has 0 aliphatic carbocycles. The number of alkyl halides is 3. The molecule has 0 aliphatic heterocycles. The highest BCUT2D eigenvalue weighted by Crippen LogP contribution is 2.31. The number of para-hydroxylation sites is 1. The molecule has 0 fully saturated rings. The van der Waals surface area contributed by atoms with Gasteiger partial charge in [0.2, 0.25) is 11.7 Å². The van der Waals surface area contributed by atoms with Crippen molar-refractivity contribution in [1.29, 1.82) is 0 Å². The van der Waals surface area contributed by atoms with E-state index in [2.05, 4.69) is 10.1 Å². The van der Waals surface area contributed by atoms with Crippen LogP contribution in [0.5, 0.6) is 0 Å². The predicted molar refractivity (Wildman–Crippen MR) is 111 cm³/mol. The molecule has 7 nitrogen and oxygen atoms in total. The lowest BCUT2D eigenvalue weighted by molar-refractivity contribution is -0.137. The van der Waals surface area contributed by atoms with Gasteiger partial charge >= 0.3 is 11.9 Å². The van der Waals surface area contributed by atoms with Crippen molar-refractivity contribution in [1.82, 2.24) is 19.3 Å². The molecule has 0 N–H and O–H groups in total. The first kappa shape index (κ1) is 21.5. The molecule has 32 heavy (non-hydrogen) atoms. The summed E-state index contributed by atoms with van der Waals surface area (Å²) in [6.07, 6.45) is -3.03. The van der Waals surface area contributed by atoms with E-state index >= 15 is 0 Å². The molecule has 2 aromatic carbocycles. The van der Waals surface area contributed by atoms with Crippen molar-refractivity contribution in [2.75, 3.05) is 0 Å². The summed E-state index contributed by atoms with van der Waals surface area (Å²) in [5, 5.41) is 4.14. The lowest BCUT2D eigenvalue weighted by atomic mass is 10.1. The summed E-state index contributed by atoms with van der Waals surface area (Å²) in [5.41, 5.74) is -1.16. The van der Waals surface area contributed by atoms with Crippen LogP contribution in [0.3, 0.4) is 0 Å². The summed E-state index contributed by atoms with van der Waals surface area (Å²) in [7, 11) is 0. The molecule has 0 saturated heterocycles. The van der Waals surface area contributed by atoms with Crippen LogP contribution >= 0.6 is 0 Å². The minimum atomic E-state index is -4.50. The molecule has 4 aromatic rings. The highest BCUT2D eigenvalue weighted by atomic mass is 19.4. The summed E-state index contributed by atoms with van der Waals surface area (Å²) in [5.74, 6) is 0.00751. The van der Waals surface area contributed by atoms with Gasteiger partial charge in [0.25, 0.3) is 5.56 Å². The normalized spacial score (nSPS) is 11.9. The second kappa shape index (κ2) is 8.45. The molecule has 0 amide bonds. The monoisotopic (exact) mass is 444 g/mol. The van der Waals surface area contributed by atoms with Gasteiger partial charge in [-0.2, -0.15) is 18.2 Å². The summed E-state index contributed by atoms with van der Waals surface area (Å²) < 4.78 is 46.7. The average molecular weight is 444 g/mol. The van der Waals surface area contributed by atoms with E-state index in [1.54, 1.807) is 24.3 Å². The van der Waals surface area contributed by atoms with Gasteiger partial charge in [-0.1, -0.05) is 42.8 Å². The molecule has 0 spiro atoms. The highest BCUT2D eigenvalue weighted by molar-refractivity contribution is 5.77. The van der Waals surface area contributed by atoms with Crippen molar-refractivity contribution in [2.45, 2.75) is 39.0 Å². The first-order valence-corrected chi connectivity index (χ1v) is 10.0. The lowest BCUT2D eigenvalue weighted by Crippen LogP contribution is -2.40. The molecule has 10 heteroatoms. The van der Waals surface area contributed by atoms with Gasteiger partial charge in [-0.15, -0.1) is 0 Å². The third-order valence-corrected chi connectivity index (χ3v) is 5.08. The van der Waals surface area contributed by atoms with Gasteiger partial charge in [0.15, 0.2) is 0 Å². The van der Waals surface area contributed by atoms with Crippen molar-refractivity contribution < 1.29 is 17.7 Å². The van der Waals surface area contributed by atoms with E-state index in [-0.39, 0.29) is 35.9 Å². The van der Waals surface area contributed by atoms with E-state index in [1.807, 2.05) is 6.92 Å². The van der Waals surface area contributed by atoms with Crippen LogP contribution in [0, 0.1) is 0 Å². The summed E-state index contributed by atoms with van der Waals surface area (Å²) >= 11 is 0. The SMILES string of the molecule is CCCCn1c(=O)c2ccccc2n(Cc2nc(-c3cccc(C(F)(F)F)c3)no2)c1=O. The van der Waals surface area contributed by atoms with Gasteiger partial charge in [0.1, 0.15) is 6.54 Å². The Morgan fingerprint density at radius 3 is 2.56 bits per heavy atom. The van der Waals surface area contributed by atoms with Gasteiger partial charge in [0.05, 0.1) is 16.5 Å². The maximum Gasteiger partial charge on any atom is 0.416 e. The Hall–Kier alpha value is -3.69. The minimum Gasteiger partial charge on any atom is -0.337 e. The average Bonchev–Trinajstić information content (AvgIpc) is 3.25. The maximum atomic E-state index is 13.1. The Morgan fingerprint density at radius 2 is 1.81 bits per heavy atom. The third-order valence-electron chi connectivity index (χ3n) is 5.08. The van der Waals surface area contributed by atoms with Crippen molar-refractivity contribution in [3.8, 4) is 11.4 Å². The van der Waals surface area contributed by atoms with Gasteiger partial charge in [-0.05, 0) is 30.7 Å². The number of hydrogen-bond donors (Lipinski definition) is 0. The number of fused-ring (bicyclic) bond motifs is 1. The van der Waals surface area contributed by atoms with Crippen LogP contribution in [0.15, 0.2) is 62.6 Å². The van der Waals surface area contributed by atoms with Crippen LogP contribution in [0.25, 0.3) is 22.3 Å². The first-order valence-electron chi connectivity index (χ1n) is 10.0. The van der Waals surface area contributed by atoms with E-state index in [1.165, 1.54) is 21.3 Å². The predicted octanol–water partition coefficient (Wildman–Crippen LogP) is 4.08. The Kier molecular flexibility index (Phi) is 5.68. The molecule has 0 atom stereocenters. The topological polar surface area (TPSA) is 82.9 Å². The molecule has 2 heterocycles. The van der Waals surface area contributed by atoms with Crippen LogP contribution < -0.4 is 11.2 Å². The Balaban J connectivity index is 1.75. The number of nitrogens with zero attached hydrogens (tertiary/aromatic N) is 4. The van der Waals surface area contributed by atoms with E-state index < -0.39 is 17.4 Å². The fourth-order valence-electron chi connectivity index (χ4n) is 3.44. The number of halogens is 3. The van der Waals surface area contributed by atoms with Gasteiger partial charge in [0, 0.05) is 12.1 Å². The molecule has 2 aromatic heterocycles. The van der Waals surface area contributed by atoms with Crippen LogP contribution in [-0.2, 0) is 19.3 Å². The van der Waals surface area contributed by atoms with Crippen molar-refractivity contribution >= 4 is 10.9 Å². The zero-order chi connectivity index (χ0) is 22.9. The maximum absolute atomic E-state index is 13.1. The molecule has 0 bridgehead atoms. The van der Waals surface area contributed by atoms with Crippen LogP contribution in [0.1, 0.15) is 31.2 Å². The second-order valence-corrected chi connectivity index (χ2v) is 7.29. The summed E-state index contributed by atoms with van der Waals surface area (Å²) in [4.78, 5) is 30.0. The zero-order valence-corrected chi connectivity index (χ0v) is 17.1. The fraction of sp³-hybridized carbons (Fsp3) is 0.273. The number of aromatic nitrogens is 4. The Bertz CT molecular complexity index is 1390. The molecular weight excluding hydrogens is 425 g/mol. The number of rotatable bonds is 6. The van der Waals surface area contributed by atoms with Crippen molar-refractivity contribution in [2.24, 2.45) is 0 Å². The molecule has 0 aliphatic rings. The van der Waals surface area contributed by atoms with E-state index in [9.17, 15) is 22.8 Å². The summed E-state index contributed by atoms with van der Waals surface area (Å²) in [6.45, 7) is 2.11. The largest absolute Gasteiger partial charge is 0.416 e. The minimum absolute atomic E-state index is 0.0252. The Morgan fingerprint density at radius 1 is 1.03 bits per heavy atom. The highest BCUT2D eigenvalue weighted by Gasteiger charge is 2.30. The van der Waals surface area contributed by atoms with Gasteiger partial charge in [-0.3, -0.25) is 13.9 Å². The van der Waals surface area contributed by atoms with Gasteiger partial charge < -0.3 is 4.52 Å². The van der Waals surface area contributed by atoms with Crippen LogP contribution in [0.2, 0.25) is 0 Å². The van der Waals surface area contributed by atoms with Crippen LogP contribution in [0.4, 0.5) is 13.2 Å². The van der Waals surface area contributed by atoms with Crippen LogP contribution in [-0.4, -0.2) is 19.3 Å². The number of benzene rings is 2. The first-order chi connectivity index (χ1) is 15.3. The molecule has 0 saturated carbocycles. The number of unbranched alkanes of at least 4 members (excludes halogenated alkanes) is 1. The standard InChI is InChI=1S/C22H19F3N4O3/c1-2-3-11-28-20(30)16-9-4-5-10-17(16)29(21(28)31)13-18-26-19(27-32-18)14-7-6-8-15(12-14)22(23,24)25/h4-10,12H,2-3,11,13H2,1H3. The quantitative estimate of drug-likeness (QED) is 0.448. The van der Waals surface area contributed by atoms with Crippen molar-refractivity contribution in [3.05, 3.63) is 80.8 Å². The van der Waals surface area contributed by atoms with E-state index in [4.69, 9.17) is 4.52 Å². The van der Waals surface area contributed by atoms with E-state index in [0.29, 0.717) is 17.3 Å². The molecule has 0 unspecified atom stereocenters. The lowest BCUT2D eigenvalue weighted by Gasteiger charge is -2.12. The molecule has 166 valence electrons. The smallest absolute Gasteiger partial charge is 0.337 e. The second-order valence-electron chi connectivity index (χ2n) is 7.29. The third kappa shape index (κ3) is 4.08.